The third-order valence-corrected chi connectivity index (χ3v) is 4.39. The summed E-state index contributed by atoms with van der Waals surface area (Å²) < 4.78 is 32.3. The largest absolute Gasteiger partial charge is 0.444 e. The molecule has 6 nitrogen and oxygen atoms in total. The maximum atomic E-state index is 13.9. The fourth-order valence-corrected chi connectivity index (χ4v) is 3.13. The maximum absolute atomic E-state index is 13.9. The fraction of sp³-hybridized carbons (Fsp3) is 0.600. The number of rotatable bonds is 6. The average Bonchev–Trinajstić information content (AvgIpc) is 2.61. The van der Waals surface area contributed by atoms with Crippen LogP contribution in [0.25, 0.3) is 0 Å². The molecule has 2 amide bonds. The van der Waals surface area contributed by atoms with Crippen LogP contribution in [0.3, 0.4) is 0 Å². The number of nitrogens with zero attached hydrogens (tertiary/aromatic N) is 1. The average molecular weight is 397 g/mol. The molecule has 1 aliphatic heterocycles. The van der Waals surface area contributed by atoms with Gasteiger partial charge in [0.2, 0.25) is 5.91 Å². The highest BCUT2D eigenvalue weighted by Gasteiger charge is 2.26. The van der Waals surface area contributed by atoms with E-state index >= 15 is 0 Å². The molecule has 1 heterocycles. The summed E-state index contributed by atoms with van der Waals surface area (Å²) in [7, 11) is 0. The van der Waals surface area contributed by atoms with Crippen molar-refractivity contribution in [1.29, 1.82) is 0 Å². The van der Waals surface area contributed by atoms with Gasteiger partial charge in [0.25, 0.3) is 0 Å². The van der Waals surface area contributed by atoms with E-state index in [9.17, 15) is 18.4 Å². The smallest absolute Gasteiger partial charge is 0.407 e. The quantitative estimate of drug-likeness (QED) is 0.725. The van der Waals surface area contributed by atoms with E-state index in [0.717, 1.165) is 25.5 Å². The molecule has 8 heteroatoms. The molecule has 156 valence electrons. The molecule has 28 heavy (non-hydrogen) atoms. The van der Waals surface area contributed by atoms with Gasteiger partial charge in [0, 0.05) is 31.7 Å². The van der Waals surface area contributed by atoms with Crippen molar-refractivity contribution in [3.8, 4) is 0 Å². The first-order chi connectivity index (χ1) is 13.2. The molecule has 1 saturated heterocycles. The minimum atomic E-state index is -0.860. The highest BCUT2D eigenvalue weighted by Crippen LogP contribution is 2.20. The normalized spacial score (nSPS) is 17.8. The number of hydrogen-bond acceptors (Lipinski definition) is 4. The number of hydrogen-bond donors (Lipinski definition) is 2. The second-order valence-corrected chi connectivity index (χ2v) is 8.01. The number of carbonyl (C=O) groups excluding carboxylic acids is 2. The zero-order valence-electron chi connectivity index (χ0n) is 16.7. The van der Waals surface area contributed by atoms with Crippen LogP contribution >= 0.6 is 0 Å². The number of piperidine rings is 1. The van der Waals surface area contributed by atoms with Gasteiger partial charge in [0.05, 0.1) is 5.92 Å². The number of benzene rings is 1. The molecular formula is C20H29F2N3O3. The summed E-state index contributed by atoms with van der Waals surface area (Å²) in [4.78, 5) is 25.9. The first-order valence-electron chi connectivity index (χ1n) is 9.55. The van der Waals surface area contributed by atoms with E-state index in [2.05, 4.69) is 10.6 Å². The molecule has 1 atom stereocenters. The second-order valence-electron chi connectivity index (χ2n) is 8.01. The van der Waals surface area contributed by atoms with Gasteiger partial charge >= 0.3 is 6.09 Å². The fourth-order valence-electron chi connectivity index (χ4n) is 3.13. The van der Waals surface area contributed by atoms with Gasteiger partial charge in [-0.25, -0.2) is 13.6 Å². The Morgan fingerprint density at radius 2 is 1.93 bits per heavy atom. The van der Waals surface area contributed by atoms with E-state index < -0.39 is 23.3 Å². The van der Waals surface area contributed by atoms with Gasteiger partial charge in [-0.05, 0) is 46.2 Å². The van der Waals surface area contributed by atoms with Crippen LogP contribution in [0.15, 0.2) is 18.2 Å². The lowest BCUT2D eigenvalue weighted by Crippen LogP contribution is -2.44. The summed E-state index contributed by atoms with van der Waals surface area (Å²) in [5, 5.41) is 5.39. The van der Waals surface area contributed by atoms with Crippen molar-refractivity contribution in [2.75, 3.05) is 26.2 Å². The maximum Gasteiger partial charge on any atom is 0.407 e. The van der Waals surface area contributed by atoms with Gasteiger partial charge in [0.1, 0.15) is 5.60 Å². The molecule has 0 bridgehead atoms. The molecule has 0 spiro atoms. The Bertz CT molecular complexity index is 692. The molecular weight excluding hydrogens is 368 g/mol. The van der Waals surface area contributed by atoms with E-state index in [0.29, 0.717) is 18.7 Å². The lowest BCUT2D eigenvalue weighted by Gasteiger charge is -2.32. The summed E-state index contributed by atoms with van der Waals surface area (Å²) in [5.41, 5.74) is -0.275. The first-order valence-corrected chi connectivity index (χ1v) is 9.55. The standard InChI is InChI=1S/C20H29F2N3O3/c1-20(2,3)28-19(27)24-10-9-23-18(26)15-7-5-11-25(13-15)12-14-6-4-8-16(21)17(14)22/h4,6,8,15H,5,7,9-13H2,1-3H3,(H,23,26)(H,24,27). The Kier molecular flexibility index (Phi) is 7.74. The SMILES string of the molecule is CC(C)(C)OC(=O)NCCNC(=O)C1CCCN(Cc2cccc(F)c2F)C1. The van der Waals surface area contributed by atoms with Crippen molar-refractivity contribution in [3.63, 3.8) is 0 Å². The summed E-state index contributed by atoms with van der Waals surface area (Å²) >= 11 is 0. The van der Waals surface area contributed by atoms with Crippen molar-refractivity contribution in [1.82, 2.24) is 15.5 Å². The molecule has 1 unspecified atom stereocenters. The van der Waals surface area contributed by atoms with Gasteiger partial charge in [-0.3, -0.25) is 9.69 Å². The molecule has 0 saturated carbocycles. The van der Waals surface area contributed by atoms with Crippen molar-refractivity contribution in [3.05, 3.63) is 35.4 Å². The van der Waals surface area contributed by atoms with Crippen LogP contribution in [-0.2, 0) is 16.1 Å². The van der Waals surface area contributed by atoms with Crippen LogP contribution in [0.2, 0.25) is 0 Å². The second kappa shape index (κ2) is 9.82. The third kappa shape index (κ3) is 7.07. The molecule has 2 rings (SSSR count). The van der Waals surface area contributed by atoms with Gasteiger partial charge in [-0.2, -0.15) is 0 Å². The van der Waals surface area contributed by atoms with Crippen LogP contribution in [0.1, 0.15) is 39.2 Å². The molecule has 0 aliphatic carbocycles. The van der Waals surface area contributed by atoms with Crippen LogP contribution in [0, 0.1) is 17.6 Å². The Morgan fingerprint density at radius 1 is 1.21 bits per heavy atom. The Morgan fingerprint density at radius 3 is 2.64 bits per heavy atom. The minimum Gasteiger partial charge on any atom is -0.444 e. The van der Waals surface area contributed by atoms with E-state index in [4.69, 9.17) is 4.74 Å². The van der Waals surface area contributed by atoms with Crippen molar-refractivity contribution in [2.45, 2.75) is 45.8 Å². The molecule has 1 aromatic rings. The minimum absolute atomic E-state index is 0.101. The lowest BCUT2D eigenvalue weighted by molar-refractivity contribution is -0.126. The molecule has 1 fully saturated rings. The molecule has 0 aromatic heterocycles. The van der Waals surface area contributed by atoms with Gasteiger partial charge in [-0.1, -0.05) is 12.1 Å². The van der Waals surface area contributed by atoms with E-state index in [1.807, 2.05) is 4.90 Å². The zero-order valence-corrected chi connectivity index (χ0v) is 16.7. The predicted molar refractivity (Wildman–Crippen MR) is 102 cm³/mol. The summed E-state index contributed by atoms with van der Waals surface area (Å²) in [5.74, 6) is -2.01. The van der Waals surface area contributed by atoms with Crippen molar-refractivity contribution < 1.29 is 23.1 Å². The van der Waals surface area contributed by atoms with Crippen LogP contribution in [0.5, 0.6) is 0 Å². The number of halogens is 2. The Labute approximate surface area is 164 Å². The van der Waals surface area contributed by atoms with Crippen LogP contribution in [-0.4, -0.2) is 48.7 Å². The number of carbonyl (C=O) groups is 2. The van der Waals surface area contributed by atoms with Crippen LogP contribution in [0.4, 0.5) is 13.6 Å². The molecule has 2 N–H and O–H groups in total. The monoisotopic (exact) mass is 397 g/mol. The van der Waals surface area contributed by atoms with Crippen molar-refractivity contribution >= 4 is 12.0 Å². The highest BCUT2D eigenvalue weighted by atomic mass is 19.2. The Balaban J connectivity index is 1.75. The van der Waals surface area contributed by atoms with Gasteiger partial charge in [0.15, 0.2) is 11.6 Å². The topological polar surface area (TPSA) is 70.7 Å². The van der Waals surface area contributed by atoms with Crippen LogP contribution < -0.4 is 10.6 Å². The summed E-state index contributed by atoms with van der Waals surface area (Å²) in [6.07, 6.45) is 1.03. The predicted octanol–water partition coefficient (Wildman–Crippen LogP) is 2.82. The van der Waals surface area contributed by atoms with Crippen molar-refractivity contribution in [2.24, 2.45) is 5.92 Å². The summed E-state index contributed by atoms with van der Waals surface area (Å²) in [6, 6.07) is 4.14. The number of ether oxygens (including phenoxy) is 1. The molecule has 1 aromatic carbocycles. The molecule has 1 aliphatic rings. The number of nitrogens with one attached hydrogen (secondary N) is 2. The zero-order chi connectivity index (χ0) is 20.7. The number of amides is 2. The van der Waals surface area contributed by atoms with Gasteiger partial charge < -0.3 is 15.4 Å². The first kappa shape index (κ1) is 22.1. The van der Waals surface area contributed by atoms with E-state index in [1.165, 1.54) is 6.07 Å². The van der Waals surface area contributed by atoms with Gasteiger partial charge in [-0.15, -0.1) is 0 Å². The summed E-state index contributed by atoms with van der Waals surface area (Å²) in [6.45, 7) is 7.39. The number of likely N-dealkylation sites (tertiary alicyclic amines) is 1. The Hall–Kier alpha value is -2.22. The van der Waals surface area contributed by atoms with E-state index in [1.54, 1.807) is 26.8 Å². The number of alkyl carbamates (subject to hydrolysis) is 1. The molecule has 0 radical (unpaired) electrons. The highest BCUT2D eigenvalue weighted by molar-refractivity contribution is 5.79. The lowest BCUT2D eigenvalue weighted by atomic mass is 9.96. The van der Waals surface area contributed by atoms with E-state index in [-0.39, 0.29) is 24.9 Å². The third-order valence-electron chi connectivity index (χ3n) is 4.39.